The monoisotopic (exact) mass is 251 g/mol. The van der Waals surface area contributed by atoms with Crippen LogP contribution < -0.4 is 5.32 Å². The van der Waals surface area contributed by atoms with Crippen molar-refractivity contribution in [2.24, 2.45) is 5.92 Å². The number of nitrogens with one attached hydrogen (secondary N) is 1. The first-order valence-electron chi connectivity index (χ1n) is 6.16. The zero-order valence-electron chi connectivity index (χ0n) is 10.0. The smallest absolute Gasteiger partial charge is 0.356 e. The molecule has 18 heavy (non-hydrogen) atoms. The molecule has 1 saturated carbocycles. The van der Waals surface area contributed by atoms with Gasteiger partial charge >= 0.3 is 5.97 Å². The van der Waals surface area contributed by atoms with Crippen LogP contribution in [0.3, 0.4) is 0 Å². The van der Waals surface area contributed by atoms with Crippen molar-refractivity contribution in [3.8, 4) is 0 Å². The van der Waals surface area contributed by atoms with Gasteiger partial charge in [-0.3, -0.25) is 0 Å². The maximum Gasteiger partial charge on any atom is 0.356 e. The van der Waals surface area contributed by atoms with Crippen LogP contribution in [0.1, 0.15) is 36.2 Å². The molecule has 0 aromatic carbocycles. The largest absolute Gasteiger partial charge is 0.476 e. The van der Waals surface area contributed by atoms with Crippen LogP contribution in [0.4, 0.5) is 5.82 Å². The zero-order chi connectivity index (χ0) is 13.0. The van der Waals surface area contributed by atoms with Crippen molar-refractivity contribution >= 4 is 11.8 Å². The number of aliphatic hydroxyl groups is 1. The summed E-state index contributed by atoms with van der Waals surface area (Å²) < 4.78 is 0. The quantitative estimate of drug-likeness (QED) is 0.742. The van der Waals surface area contributed by atoms with Crippen molar-refractivity contribution in [2.45, 2.75) is 31.8 Å². The summed E-state index contributed by atoms with van der Waals surface area (Å²) >= 11 is 0. The van der Waals surface area contributed by atoms with Gasteiger partial charge in [0, 0.05) is 12.5 Å². The fourth-order valence-corrected chi connectivity index (χ4v) is 2.20. The van der Waals surface area contributed by atoms with Gasteiger partial charge in [-0.15, -0.1) is 10.2 Å². The fourth-order valence-electron chi connectivity index (χ4n) is 2.20. The summed E-state index contributed by atoms with van der Waals surface area (Å²) in [5, 5.41) is 29.0. The van der Waals surface area contributed by atoms with Gasteiger partial charge < -0.3 is 15.5 Å². The molecule has 1 aliphatic carbocycles. The topological polar surface area (TPSA) is 95.3 Å². The second-order valence-electron chi connectivity index (χ2n) is 4.60. The molecular formula is C12H17N3O3. The van der Waals surface area contributed by atoms with Crippen LogP contribution in [0.25, 0.3) is 0 Å². The first kappa shape index (κ1) is 12.8. The molecule has 2 atom stereocenters. The van der Waals surface area contributed by atoms with E-state index in [9.17, 15) is 9.90 Å². The Kier molecular flexibility index (Phi) is 4.09. The van der Waals surface area contributed by atoms with Crippen LogP contribution in [0.5, 0.6) is 0 Å². The van der Waals surface area contributed by atoms with Gasteiger partial charge in [0.1, 0.15) is 5.82 Å². The number of carbonyl (C=O) groups is 1. The number of nitrogens with zero attached hydrogens (tertiary/aromatic N) is 2. The summed E-state index contributed by atoms with van der Waals surface area (Å²) in [6, 6.07) is 3.00. The number of aromatic carboxylic acids is 1. The van der Waals surface area contributed by atoms with Crippen molar-refractivity contribution < 1.29 is 15.0 Å². The summed E-state index contributed by atoms with van der Waals surface area (Å²) in [5.41, 5.74) is -0.0711. The van der Waals surface area contributed by atoms with Crippen molar-refractivity contribution in [1.82, 2.24) is 10.2 Å². The molecular weight excluding hydrogens is 234 g/mol. The number of carboxylic acid groups (broad SMARTS) is 1. The average molecular weight is 251 g/mol. The Morgan fingerprint density at radius 2 is 2.11 bits per heavy atom. The van der Waals surface area contributed by atoms with E-state index in [0.717, 1.165) is 25.7 Å². The highest BCUT2D eigenvalue weighted by atomic mass is 16.4. The molecule has 6 nitrogen and oxygen atoms in total. The molecule has 0 spiro atoms. The zero-order valence-corrected chi connectivity index (χ0v) is 10.0. The number of hydrogen-bond acceptors (Lipinski definition) is 5. The average Bonchev–Trinajstić information content (AvgIpc) is 2.38. The highest BCUT2D eigenvalue weighted by Gasteiger charge is 2.22. The minimum atomic E-state index is -1.09. The van der Waals surface area contributed by atoms with Crippen molar-refractivity contribution in [3.63, 3.8) is 0 Å². The second-order valence-corrected chi connectivity index (χ2v) is 4.60. The summed E-state index contributed by atoms with van der Waals surface area (Å²) in [6.45, 7) is 0.641. The minimum absolute atomic E-state index is 0.0711. The molecule has 0 bridgehead atoms. The molecule has 3 N–H and O–H groups in total. The molecule has 6 heteroatoms. The first-order chi connectivity index (χ1) is 8.66. The van der Waals surface area contributed by atoms with Crippen LogP contribution in [0.15, 0.2) is 12.1 Å². The van der Waals surface area contributed by atoms with Crippen molar-refractivity contribution in [1.29, 1.82) is 0 Å². The van der Waals surface area contributed by atoms with E-state index in [1.165, 1.54) is 6.07 Å². The Bertz CT molecular complexity index is 408. The van der Waals surface area contributed by atoms with Crippen LogP contribution in [0.2, 0.25) is 0 Å². The van der Waals surface area contributed by atoms with E-state index in [2.05, 4.69) is 15.5 Å². The maximum absolute atomic E-state index is 10.6. The van der Waals surface area contributed by atoms with Crippen LogP contribution in [0, 0.1) is 5.92 Å². The number of carboxylic acids is 1. The lowest BCUT2D eigenvalue weighted by Crippen LogP contribution is -2.30. The third-order valence-electron chi connectivity index (χ3n) is 3.30. The van der Waals surface area contributed by atoms with Crippen LogP contribution in [-0.2, 0) is 0 Å². The van der Waals surface area contributed by atoms with Crippen molar-refractivity contribution in [3.05, 3.63) is 17.8 Å². The highest BCUT2D eigenvalue weighted by Crippen LogP contribution is 2.24. The molecule has 0 saturated heterocycles. The third kappa shape index (κ3) is 3.16. The molecule has 1 aliphatic rings. The molecule has 1 aromatic rings. The SMILES string of the molecule is O=C(O)c1ccc(NCC2CCCCC2O)nn1. The Hall–Kier alpha value is -1.69. The van der Waals surface area contributed by atoms with E-state index in [1.54, 1.807) is 6.07 Å². The van der Waals surface area contributed by atoms with E-state index in [0.29, 0.717) is 12.4 Å². The molecule has 98 valence electrons. The predicted octanol–water partition coefficient (Wildman–Crippen LogP) is 1.14. The van der Waals surface area contributed by atoms with Gasteiger partial charge in [-0.05, 0) is 25.0 Å². The normalized spacial score (nSPS) is 23.6. The summed E-state index contributed by atoms with van der Waals surface area (Å²) in [7, 11) is 0. The maximum atomic E-state index is 10.6. The van der Waals surface area contributed by atoms with Gasteiger partial charge in [0.15, 0.2) is 5.69 Å². The molecule has 2 unspecified atom stereocenters. The lowest BCUT2D eigenvalue weighted by Gasteiger charge is -2.27. The van der Waals surface area contributed by atoms with Crippen LogP contribution >= 0.6 is 0 Å². The molecule has 1 fully saturated rings. The molecule has 1 aromatic heterocycles. The Labute approximate surface area is 105 Å². The second kappa shape index (κ2) is 5.77. The minimum Gasteiger partial charge on any atom is -0.476 e. The molecule has 2 rings (SSSR count). The third-order valence-corrected chi connectivity index (χ3v) is 3.30. The fraction of sp³-hybridized carbons (Fsp3) is 0.583. The predicted molar refractivity (Wildman–Crippen MR) is 65.4 cm³/mol. The van der Waals surface area contributed by atoms with E-state index < -0.39 is 5.97 Å². The van der Waals surface area contributed by atoms with Gasteiger partial charge in [0.2, 0.25) is 0 Å². The Balaban J connectivity index is 1.87. The molecule has 0 amide bonds. The van der Waals surface area contributed by atoms with E-state index >= 15 is 0 Å². The molecule has 0 aliphatic heterocycles. The lowest BCUT2D eigenvalue weighted by molar-refractivity contribution is 0.0689. The van der Waals surface area contributed by atoms with Gasteiger partial charge in [-0.1, -0.05) is 12.8 Å². The first-order valence-corrected chi connectivity index (χ1v) is 6.16. The highest BCUT2D eigenvalue weighted by molar-refractivity contribution is 5.85. The molecule has 0 radical (unpaired) electrons. The van der Waals surface area contributed by atoms with E-state index in [-0.39, 0.29) is 17.7 Å². The van der Waals surface area contributed by atoms with Crippen molar-refractivity contribution in [2.75, 3.05) is 11.9 Å². The standard InChI is InChI=1S/C12H17N3O3/c16-10-4-2-1-3-8(10)7-13-11-6-5-9(12(17)18)14-15-11/h5-6,8,10,16H,1-4,7H2,(H,13,15)(H,17,18). The number of aliphatic hydroxyl groups excluding tert-OH is 1. The number of hydrogen-bond donors (Lipinski definition) is 3. The summed E-state index contributed by atoms with van der Waals surface area (Å²) in [5.74, 6) is -0.311. The van der Waals surface area contributed by atoms with Crippen LogP contribution in [-0.4, -0.2) is 39.0 Å². The van der Waals surface area contributed by atoms with E-state index in [4.69, 9.17) is 5.11 Å². The number of anilines is 1. The van der Waals surface area contributed by atoms with Gasteiger partial charge in [-0.25, -0.2) is 4.79 Å². The lowest BCUT2D eigenvalue weighted by atomic mass is 9.86. The van der Waals surface area contributed by atoms with Gasteiger partial charge in [0.05, 0.1) is 6.10 Å². The number of rotatable bonds is 4. The van der Waals surface area contributed by atoms with Gasteiger partial charge in [-0.2, -0.15) is 0 Å². The Morgan fingerprint density at radius 1 is 1.33 bits per heavy atom. The summed E-state index contributed by atoms with van der Waals surface area (Å²) in [6.07, 6.45) is 3.85. The summed E-state index contributed by atoms with van der Waals surface area (Å²) in [4.78, 5) is 10.6. The number of aromatic nitrogens is 2. The Morgan fingerprint density at radius 3 is 2.72 bits per heavy atom. The van der Waals surface area contributed by atoms with E-state index in [1.807, 2.05) is 0 Å². The van der Waals surface area contributed by atoms with Gasteiger partial charge in [0.25, 0.3) is 0 Å². The molecule has 1 heterocycles.